The largest absolute Gasteiger partial charge is 0.315 e. The summed E-state index contributed by atoms with van der Waals surface area (Å²) in [6.45, 7) is 5.19. The van der Waals surface area contributed by atoms with E-state index >= 15 is 0 Å². The van der Waals surface area contributed by atoms with E-state index in [1.807, 2.05) is 6.92 Å². The third-order valence-corrected chi connectivity index (χ3v) is 3.78. The van der Waals surface area contributed by atoms with Gasteiger partial charge in [0, 0.05) is 0 Å². The molecule has 0 aromatic heterocycles. The molecule has 4 unspecified atom stereocenters. The molecule has 0 heterocycles. The van der Waals surface area contributed by atoms with E-state index in [2.05, 4.69) is 19.1 Å². The number of fused-ring (bicyclic) bond motifs is 1. The first-order valence-corrected chi connectivity index (χ1v) is 5.11. The minimum atomic E-state index is 0.648. The Morgan fingerprint density at radius 2 is 2.27 bits per heavy atom. The van der Waals surface area contributed by atoms with Crippen LogP contribution >= 0.6 is 12.0 Å². The van der Waals surface area contributed by atoms with Crippen LogP contribution in [0.1, 0.15) is 13.8 Å². The molecule has 0 amide bonds. The summed E-state index contributed by atoms with van der Waals surface area (Å²) in [5.41, 5.74) is 0. The molecule has 0 bridgehead atoms. The fourth-order valence-corrected chi connectivity index (χ4v) is 2.96. The zero-order valence-corrected chi connectivity index (χ0v) is 7.80. The molecule has 2 rings (SSSR count). The lowest BCUT2D eigenvalue weighted by Crippen LogP contribution is -2.01. The molecule has 2 aliphatic rings. The summed E-state index contributed by atoms with van der Waals surface area (Å²) in [7, 11) is 0. The van der Waals surface area contributed by atoms with E-state index in [4.69, 9.17) is 4.18 Å². The molecule has 1 nitrogen and oxygen atoms in total. The monoisotopic (exact) mass is 170 g/mol. The van der Waals surface area contributed by atoms with Crippen molar-refractivity contribution in [1.82, 2.24) is 0 Å². The highest BCUT2D eigenvalue weighted by molar-refractivity contribution is 7.95. The summed E-state index contributed by atoms with van der Waals surface area (Å²) in [4.78, 5) is 0. The predicted octanol–water partition coefficient (Wildman–Crippen LogP) is 2.49. The second kappa shape index (κ2) is 2.83. The standard InChI is InChI=1S/C9H14OS/c1-3-10-11-8-5-4-7-6(2)9(7)8/h4-9H,3H2,1-2H3. The quantitative estimate of drug-likeness (QED) is 0.475. The maximum absolute atomic E-state index is 5.33. The Balaban J connectivity index is 1.83. The van der Waals surface area contributed by atoms with Crippen molar-refractivity contribution in [3.05, 3.63) is 12.2 Å². The molecule has 0 saturated heterocycles. The number of hydrogen-bond acceptors (Lipinski definition) is 2. The second-order valence-corrected chi connectivity index (χ2v) is 4.34. The van der Waals surface area contributed by atoms with E-state index in [1.165, 1.54) is 0 Å². The van der Waals surface area contributed by atoms with Crippen LogP contribution in [0.15, 0.2) is 12.2 Å². The van der Waals surface area contributed by atoms with E-state index in [-0.39, 0.29) is 0 Å². The molecular formula is C9H14OS. The van der Waals surface area contributed by atoms with Crippen molar-refractivity contribution in [3.8, 4) is 0 Å². The van der Waals surface area contributed by atoms with Crippen molar-refractivity contribution in [3.63, 3.8) is 0 Å². The SMILES string of the molecule is CCOSC1C=CC2C(C)C12. The lowest BCUT2D eigenvalue weighted by atomic mass is 10.2. The molecule has 0 aromatic carbocycles. The van der Waals surface area contributed by atoms with Crippen molar-refractivity contribution >= 4 is 12.0 Å². The lowest BCUT2D eigenvalue weighted by Gasteiger charge is -2.07. The molecule has 2 heteroatoms. The van der Waals surface area contributed by atoms with Crippen molar-refractivity contribution in [1.29, 1.82) is 0 Å². The highest BCUT2D eigenvalue weighted by Crippen LogP contribution is 2.56. The molecule has 0 radical (unpaired) electrons. The van der Waals surface area contributed by atoms with E-state index in [1.54, 1.807) is 12.0 Å². The fraction of sp³-hybridized carbons (Fsp3) is 0.778. The maximum atomic E-state index is 5.33. The fourth-order valence-electron chi connectivity index (χ4n) is 1.96. The molecule has 11 heavy (non-hydrogen) atoms. The zero-order valence-electron chi connectivity index (χ0n) is 6.99. The molecule has 0 spiro atoms. The Hall–Kier alpha value is 0.0500. The Labute approximate surface area is 72.4 Å². The van der Waals surface area contributed by atoms with Gasteiger partial charge in [-0.05, 0) is 36.7 Å². The molecule has 2 aliphatic carbocycles. The van der Waals surface area contributed by atoms with E-state index in [0.717, 1.165) is 24.4 Å². The van der Waals surface area contributed by atoms with Crippen LogP contribution in [0.25, 0.3) is 0 Å². The van der Waals surface area contributed by atoms with Crippen molar-refractivity contribution in [2.75, 3.05) is 6.61 Å². The van der Waals surface area contributed by atoms with Gasteiger partial charge >= 0.3 is 0 Å². The van der Waals surface area contributed by atoms with Gasteiger partial charge in [-0.15, -0.1) is 0 Å². The number of rotatable bonds is 3. The van der Waals surface area contributed by atoms with Gasteiger partial charge in [-0.2, -0.15) is 0 Å². The molecular weight excluding hydrogens is 156 g/mol. The summed E-state index contributed by atoms with van der Waals surface area (Å²) in [6, 6.07) is 0. The van der Waals surface area contributed by atoms with Gasteiger partial charge in [-0.3, -0.25) is 0 Å². The van der Waals surface area contributed by atoms with Gasteiger partial charge in [0.05, 0.1) is 11.9 Å². The first-order valence-electron chi connectivity index (χ1n) is 4.31. The molecule has 0 aliphatic heterocycles. The van der Waals surface area contributed by atoms with Gasteiger partial charge in [0.25, 0.3) is 0 Å². The Morgan fingerprint density at radius 1 is 1.45 bits per heavy atom. The van der Waals surface area contributed by atoms with Gasteiger partial charge in [0.15, 0.2) is 0 Å². The first kappa shape index (κ1) is 7.69. The number of allylic oxidation sites excluding steroid dienone is 1. The molecule has 1 fully saturated rings. The highest BCUT2D eigenvalue weighted by Gasteiger charge is 2.52. The van der Waals surface area contributed by atoms with Gasteiger partial charge in [-0.1, -0.05) is 19.1 Å². The molecule has 4 atom stereocenters. The van der Waals surface area contributed by atoms with Crippen molar-refractivity contribution in [2.45, 2.75) is 19.1 Å². The average Bonchev–Trinajstić information content (AvgIpc) is 2.46. The van der Waals surface area contributed by atoms with E-state index in [0.29, 0.717) is 5.25 Å². The minimum absolute atomic E-state index is 0.648. The predicted molar refractivity (Wildman–Crippen MR) is 48.3 cm³/mol. The normalized spacial score (nSPS) is 46.0. The maximum Gasteiger partial charge on any atom is 0.0585 e. The summed E-state index contributed by atoms with van der Waals surface area (Å²) in [6.07, 6.45) is 4.65. The van der Waals surface area contributed by atoms with Crippen LogP contribution in [-0.4, -0.2) is 11.9 Å². The minimum Gasteiger partial charge on any atom is -0.315 e. The van der Waals surface area contributed by atoms with Crippen LogP contribution in [0, 0.1) is 17.8 Å². The molecule has 1 saturated carbocycles. The van der Waals surface area contributed by atoms with Crippen LogP contribution in [0.3, 0.4) is 0 Å². The van der Waals surface area contributed by atoms with Gasteiger partial charge < -0.3 is 4.18 Å². The molecule has 0 N–H and O–H groups in total. The topological polar surface area (TPSA) is 9.23 Å². The summed E-state index contributed by atoms with van der Waals surface area (Å²) in [5, 5.41) is 0.648. The number of hydrogen-bond donors (Lipinski definition) is 0. The van der Waals surface area contributed by atoms with Gasteiger partial charge in [-0.25, -0.2) is 0 Å². The smallest absolute Gasteiger partial charge is 0.0585 e. The van der Waals surface area contributed by atoms with E-state index in [9.17, 15) is 0 Å². The third kappa shape index (κ3) is 1.23. The Bertz CT molecular complexity index is 178. The van der Waals surface area contributed by atoms with Crippen molar-refractivity contribution in [2.24, 2.45) is 17.8 Å². The zero-order chi connectivity index (χ0) is 7.84. The van der Waals surface area contributed by atoms with Gasteiger partial charge in [0.2, 0.25) is 0 Å². The van der Waals surface area contributed by atoms with Crippen molar-refractivity contribution < 1.29 is 4.18 Å². The average molecular weight is 170 g/mol. The highest BCUT2D eigenvalue weighted by atomic mass is 32.2. The second-order valence-electron chi connectivity index (χ2n) is 3.37. The Kier molecular flexibility index (Phi) is 1.98. The van der Waals surface area contributed by atoms with E-state index < -0.39 is 0 Å². The first-order chi connectivity index (χ1) is 5.34. The summed E-state index contributed by atoms with van der Waals surface area (Å²) in [5.74, 6) is 2.69. The lowest BCUT2D eigenvalue weighted by molar-refractivity contribution is 0.397. The molecule has 62 valence electrons. The third-order valence-electron chi connectivity index (χ3n) is 2.72. The van der Waals surface area contributed by atoms with Crippen LogP contribution in [0.2, 0.25) is 0 Å². The van der Waals surface area contributed by atoms with Crippen LogP contribution in [0.4, 0.5) is 0 Å². The summed E-state index contributed by atoms with van der Waals surface area (Å²) < 4.78 is 5.33. The van der Waals surface area contributed by atoms with Crippen LogP contribution in [0.5, 0.6) is 0 Å². The summed E-state index contributed by atoms with van der Waals surface area (Å²) >= 11 is 1.65. The van der Waals surface area contributed by atoms with Crippen LogP contribution in [-0.2, 0) is 4.18 Å². The Morgan fingerprint density at radius 3 is 2.82 bits per heavy atom. The molecule has 0 aromatic rings. The van der Waals surface area contributed by atoms with Gasteiger partial charge in [0.1, 0.15) is 0 Å². The van der Waals surface area contributed by atoms with Crippen LogP contribution < -0.4 is 0 Å².